The minimum absolute atomic E-state index is 0.859. The van der Waals surface area contributed by atoms with Gasteiger partial charge in [0.1, 0.15) is 21.5 Å². The minimum atomic E-state index is 0.859. The van der Waals surface area contributed by atoms with Crippen molar-refractivity contribution in [3.8, 4) is 22.6 Å². The molecule has 3 aromatic heterocycles. The molecule has 0 unspecified atom stereocenters. The van der Waals surface area contributed by atoms with Crippen molar-refractivity contribution in [3.05, 3.63) is 158 Å². The lowest BCUT2D eigenvalue weighted by Gasteiger charge is -2.25. The molecule has 0 aliphatic heterocycles. The van der Waals surface area contributed by atoms with E-state index in [4.69, 9.17) is 8.83 Å². The third kappa shape index (κ3) is 5.07. The molecule has 3 heterocycles. The maximum absolute atomic E-state index is 5.61. The molecule has 0 saturated heterocycles. The summed E-state index contributed by atoms with van der Waals surface area (Å²) in [6.07, 6.45) is 3.41. The smallest absolute Gasteiger partial charge is 0.133 e. The Morgan fingerprint density at radius 2 is 0.756 bits per heavy atom. The Kier molecular flexibility index (Phi) is 6.69. The van der Waals surface area contributed by atoms with E-state index >= 15 is 0 Å². The molecule has 0 saturated carbocycles. The zero-order chi connectivity index (χ0) is 27.4. The van der Waals surface area contributed by atoms with Crippen LogP contribution in [0, 0.1) is 0 Å². The molecule has 5 heteroatoms. The SMILES string of the molecule is c1ccc(N(c2ccc(-c3ccco3)cc2)c2ccc(N(c3ccccc3)c3ccc(-c4ccco4)cc3)s2)cc1. The van der Waals surface area contributed by atoms with E-state index in [1.807, 2.05) is 36.4 Å². The van der Waals surface area contributed by atoms with Gasteiger partial charge < -0.3 is 18.6 Å². The van der Waals surface area contributed by atoms with Crippen LogP contribution in [-0.2, 0) is 0 Å². The van der Waals surface area contributed by atoms with Gasteiger partial charge in [0.05, 0.1) is 12.5 Å². The van der Waals surface area contributed by atoms with Crippen LogP contribution in [0.5, 0.6) is 0 Å². The number of rotatable bonds is 8. The zero-order valence-electron chi connectivity index (χ0n) is 22.1. The average Bonchev–Trinajstić information content (AvgIpc) is 3.84. The van der Waals surface area contributed by atoms with Crippen molar-refractivity contribution < 1.29 is 8.83 Å². The van der Waals surface area contributed by atoms with Gasteiger partial charge in [-0.3, -0.25) is 0 Å². The lowest BCUT2D eigenvalue weighted by molar-refractivity contribution is 0.582. The second-order valence-corrected chi connectivity index (χ2v) is 10.5. The third-order valence-corrected chi connectivity index (χ3v) is 7.97. The summed E-state index contributed by atoms with van der Waals surface area (Å²) >= 11 is 1.75. The zero-order valence-corrected chi connectivity index (χ0v) is 22.9. The normalized spacial score (nSPS) is 10.9. The fraction of sp³-hybridized carbons (Fsp3) is 0. The van der Waals surface area contributed by atoms with Crippen LogP contribution in [-0.4, -0.2) is 0 Å². The Morgan fingerprint density at radius 1 is 0.366 bits per heavy atom. The van der Waals surface area contributed by atoms with Crippen molar-refractivity contribution in [3.63, 3.8) is 0 Å². The van der Waals surface area contributed by atoms with Crippen LogP contribution in [0.1, 0.15) is 0 Å². The Bertz CT molecular complexity index is 1670. The molecule has 198 valence electrons. The molecule has 7 aromatic rings. The number of nitrogens with zero attached hydrogens (tertiary/aromatic N) is 2. The first kappa shape index (κ1) is 24.8. The number of anilines is 6. The summed E-state index contributed by atoms with van der Waals surface area (Å²) in [5.41, 5.74) is 6.45. The van der Waals surface area contributed by atoms with Gasteiger partial charge in [-0.05, 0) is 109 Å². The van der Waals surface area contributed by atoms with E-state index in [2.05, 4.69) is 119 Å². The van der Waals surface area contributed by atoms with Crippen molar-refractivity contribution in [2.24, 2.45) is 0 Å². The van der Waals surface area contributed by atoms with Gasteiger partial charge in [0, 0.05) is 33.9 Å². The molecule has 0 bridgehead atoms. The van der Waals surface area contributed by atoms with Crippen LogP contribution in [0.25, 0.3) is 22.6 Å². The molecular weight excluding hydrogens is 524 g/mol. The van der Waals surface area contributed by atoms with Crippen molar-refractivity contribution >= 4 is 44.1 Å². The van der Waals surface area contributed by atoms with Gasteiger partial charge in [0.15, 0.2) is 0 Å². The second kappa shape index (κ2) is 11.1. The number of thiophene rings is 1. The Hall–Kier alpha value is -5.26. The summed E-state index contributed by atoms with van der Waals surface area (Å²) in [7, 11) is 0. The monoisotopic (exact) mass is 550 g/mol. The van der Waals surface area contributed by atoms with E-state index in [0.717, 1.165) is 55.4 Å². The van der Waals surface area contributed by atoms with Gasteiger partial charge in [-0.15, -0.1) is 0 Å². The number of furan rings is 2. The molecule has 0 spiro atoms. The average molecular weight is 551 g/mol. The topological polar surface area (TPSA) is 32.8 Å². The Labute approximate surface area is 243 Å². The van der Waals surface area contributed by atoms with Gasteiger partial charge >= 0.3 is 0 Å². The van der Waals surface area contributed by atoms with Crippen molar-refractivity contribution in [2.75, 3.05) is 9.80 Å². The molecule has 0 radical (unpaired) electrons. The number of hydrogen-bond donors (Lipinski definition) is 0. The molecule has 7 rings (SSSR count). The number of benzene rings is 4. The Balaban J connectivity index is 1.28. The first-order chi connectivity index (χ1) is 20.3. The first-order valence-corrected chi connectivity index (χ1v) is 14.2. The fourth-order valence-corrected chi connectivity index (χ4v) is 6.05. The molecule has 0 N–H and O–H groups in total. The van der Waals surface area contributed by atoms with Crippen LogP contribution < -0.4 is 9.80 Å². The maximum Gasteiger partial charge on any atom is 0.133 e. The molecule has 0 amide bonds. The lowest BCUT2D eigenvalue weighted by atomic mass is 10.1. The van der Waals surface area contributed by atoms with E-state index in [-0.39, 0.29) is 0 Å². The third-order valence-electron chi connectivity index (χ3n) is 6.91. The maximum atomic E-state index is 5.61. The predicted octanol–water partition coefficient (Wildman–Crippen LogP) is 11.2. The number of para-hydroxylation sites is 2. The minimum Gasteiger partial charge on any atom is -0.464 e. The lowest BCUT2D eigenvalue weighted by Crippen LogP contribution is -2.09. The standard InChI is InChI=1S/C36H26N2O2S/c1-3-9-29(10-4-1)37(31-19-15-27(16-20-31)33-13-7-25-39-33)35-23-24-36(41-35)38(30-11-5-2-6-12-30)32-21-17-28(18-22-32)34-14-8-26-40-34/h1-26H. The van der Waals surface area contributed by atoms with E-state index < -0.39 is 0 Å². The van der Waals surface area contributed by atoms with Gasteiger partial charge in [-0.25, -0.2) is 0 Å². The van der Waals surface area contributed by atoms with Crippen LogP contribution in [0.2, 0.25) is 0 Å². The van der Waals surface area contributed by atoms with Crippen molar-refractivity contribution in [1.82, 2.24) is 0 Å². The van der Waals surface area contributed by atoms with Crippen LogP contribution >= 0.6 is 11.3 Å². The largest absolute Gasteiger partial charge is 0.464 e. The predicted molar refractivity (Wildman–Crippen MR) is 169 cm³/mol. The van der Waals surface area contributed by atoms with E-state index in [0.29, 0.717) is 0 Å². The Morgan fingerprint density at radius 3 is 1.12 bits per heavy atom. The molecule has 41 heavy (non-hydrogen) atoms. The highest BCUT2D eigenvalue weighted by Gasteiger charge is 2.19. The van der Waals surface area contributed by atoms with E-state index in [1.165, 1.54) is 0 Å². The molecule has 0 fully saturated rings. The van der Waals surface area contributed by atoms with Crippen molar-refractivity contribution in [1.29, 1.82) is 0 Å². The summed E-state index contributed by atoms with van der Waals surface area (Å²) in [5.74, 6) is 1.72. The van der Waals surface area contributed by atoms with Gasteiger partial charge in [0.2, 0.25) is 0 Å². The van der Waals surface area contributed by atoms with Gasteiger partial charge in [-0.1, -0.05) is 47.7 Å². The first-order valence-electron chi connectivity index (χ1n) is 13.4. The van der Waals surface area contributed by atoms with Crippen LogP contribution in [0.15, 0.2) is 167 Å². The van der Waals surface area contributed by atoms with Crippen LogP contribution in [0.3, 0.4) is 0 Å². The van der Waals surface area contributed by atoms with Gasteiger partial charge in [-0.2, -0.15) is 0 Å². The molecule has 4 aromatic carbocycles. The summed E-state index contributed by atoms with van der Waals surface area (Å²) in [6, 6.07) is 50.1. The van der Waals surface area contributed by atoms with Crippen LogP contribution in [0.4, 0.5) is 32.8 Å². The molecule has 4 nitrogen and oxygen atoms in total. The molecule has 0 atom stereocenters. The van der Waals surface area contributed by atoms with Gasteiger partial charge in [0.25, 0.3) is 0 Å². The molecule has 0 aliphatic rings. The fourth-order valence-electron chi connectivity index (χ4n) is 4.95. The summed E-state index contributed by atoms with van der Waals surface area (Å²) in [4.78, 5) is 4.59. The van der Waals surface area contributed by atoms with E-state index in [1.54, 1.807) is 23.9 Å². The highest BCUT2D eigenvalue weighted by Crippen LogP contribution is 2.46. The molecule has 0 aliphatic carbocycles. The second-order valence-electron chi connectivity index (χ2n) is 9.50. The molecular formula is C36H26N2O2S. The highest BCUT2D eigenvalue weighted by atomic mass is 32.1. The summed E-state index contributed by atoms with van der Waals surface area (Å²) in [6.45, 7) is 0. The summed E-state index contributed by atoms with van der Waals surface area (Å²) < 4.78 is 11.2. The van der Waals surface area contributed by atoms with E-state index in [9.17, 15) is 0 Å². The summed E-state index contributed by atoms with van der Waals surface area (Å²) in [5, 5.41) is 2.23. The number of hydrogen-bond acceptors (Lipinski definition) is 5. The van der Waals surface area contributed by atoms with Crippen molar-refractivity contribution in [2.45, 2.75) is 0 Å². The highest BCUT2D eigenvalue weighted by molar-refractivity contribution is 7.20. The quantitative estimate of drug-likeness (QED) is 0.188.